The lowest BCUT2D eigenvalue weighted by Gasteiger charge is -2.32. The van der Waals surface area contributed by atoms with Crippen LogP contribution < -0.4 is 10.1 Å². The molecule has 0 aliphatic carbocycles. The molecule has 2 atom stereocenters. The Kier molecular flexibility index (Phi) is 6.40. The molecule has 0 radical (unpaired) electrons. The lowest BCUT2D eigenvalue weighted by molar-refractivity contribution is -0.126. The highest BCUT2D eigenvalue weighted by molar-refractivity contribution is 7.89. The Hall–Kier alpha value is -1.67. The van der Waals surface area contributed by atoms with Crippen LogP contribution in [0.15, 0.2) is 23.1 Å². The SMILES string of the molecule is CC[C@@H](C)NC(=O)[C@@H]1CCCN(S(=O)(=O)c2cc(F)ccc2OC)C1. The van der Waals surface area contributed by atoms with Crippen molar-refractivity contribution in [2.45, 2.75) is 44.0 Å². The molecule has 1 aromatic rings. The van der Waals surface area contributed by atoms with Gasteiger partial charge in [-0.25, -0.2) is 12.8 Å². The van der Waals surface area contributed by atoms with Gasteiger partial charge in [-0.2, -0.15) is 4.31 Å². The maximum atomic E-state index is 13.6. The molecular weight excluding hydrogens is 347 g/mol. The first-order valence-corrected chi connectivity index (χ1v) is 9.87. The number of ether oxygens (including phenoxy) is 1. The van der Waals surface area contributed by atoms with E-state index in [1.807, 2.05) is 13.8 Å². The Morgan fingerprint density at radius 3 is 2.84 bits per heavy atom. The first-order chi connectivity index (χ1) is 11.8. The van der Waals surface area contributed by atoms with Crippen molar-refractivity contribution >= 4 is 15.9 Å². The van der Waals surface area contributed by atoms with Crippen molar-refractivity contribution in [3.05, 3.63) is 24.0 Å². The molecule has 2 rings (SSSR count). The summed E-state index contributed by atoms with van der Waals surface area (Å²) in [5, 5.41) is 2.90. The van der Waals surface area contributed by atoms with Crippen LogP contribution in [0.1, 0.15) is 33.1 Å². The molecule has 1 aliphatic heterocycles. The third-order valence-electron chi connectivity index (χ3n) is 4.50. The van der Waals surface area contributed by atoms with E-state index in [-0.39, 0.29) is 29.1 Å². The molecule has 0 unspecified atom stereocenters. The van der Waals surface area contributed by atoms with E-state index in [1.165, 1.54) is 17.5 Å². The van der Waals surface area contributed by atoms with E-state index in [9.17, 15) is 17.6 Å². The van der Waals surface area contributed by atoms with Gasteiger partial charge in [0.15, 0.2) is 0 Å². The molecule has 1 fully saturated rings. The molecule has 140 valence electrons. The second kappa shape index (κ2) is 8.14. The van der Waals surface area contributed by atoms with Crippen LogP contribution in [-0.4, -0.2) is 44.9 Å². The first kappa shape index (κ1) is 19.7. The number of benzene rings is 1. The summed E-state index contributed by atoms with van der Waals surface area (Å²) in [7, 11) is -2.60. The highest BCUT2D eigenvalue weighted by Gasteiger charge is 2.35. The molecule has 1 heterocycles. The number of amides is 1. The van der Waals surface area contributed by atoms with Gasteiger partial charge in [0.05, 0.1) is 13.0 Å². The summed E-state index contributed by atoms with van der Waals surface area (Å²) in [6, 6.07) is 3.44. The highest BCUT2D eigenvalue weighted by Crippen LogP contribution is 2.30. The number of carbonyl (C=O) groups is 1. The van der Waals surface area contributed by atoms with Gasteiger partial charge < -0.3 is 10.1 Å². The molecule has 1 aromatic carbocycles. The number of carbonyl (C=O) groups excluding carboxylic acids is 1. The molecule has 0 spiro atoms. The quantitative estimate of drug-likeness (QED) is 0.830. The standard InChI is InChI=1S/C17H25FN2O4S/c1-4-12(2)19-17(21)13-6-5-9-20(11-13)25(22,23)16-10-14(18)7-8-15(16)24-3/h7-8,10,12-13H,4-6,9,11H2,1-3H3,(H,19,21)/t12-,13-/m1/s1. The summed E-state index contributed by atoms with van der Waals surface area (Å²) in [5.41, 5.74) is 0. The van der Waals surface area contributed by atoms with Gasteiger partial charge in [0.2, 0.25) is 15.9 Å². The minimum atomic E-state index is -3.94. The van der Waals surface area contributed by atoms with Gasteiger partial charge in [-0.05, 0) is 44.4 Å². The predicted octanol–water partition coefficient (Wildman–Crippen LogP) is 2.15. The van der Waals surface area contributed by atoms with E-state index in [4.69, 9.17) is 4.74 Å². The third kappa shape index (κ3) is 4.49. The number of hydrogen-bond donors (Lipinski definition) is 1. The van der Waals surface area contributed by atoms with Crippen LogP contribution in [0.5, 0.6) is 5.75 Å². The number of piperidine rings is 1. The molecular formula is C17H25FN2O4S. The number of nitrogens with one attached hydrogen (secondary N) is 1. The van der Waals surface area contributed by atoms with E-state index >= 15 is 0 Å². The normalized spacial score (nSPS) is 20.1. The molecule has 0 saturated carbocycles. The molecule has 1 aliphatic rings. The van der Waals surface area contributed by atoms with Crippen molar-refractivity contribution in [1.29, 1.82) is 0 Å². The molecule has 25 heavy (non-hydrogen) atoms. The fourth-order valence-electron chi connectivity index (χ4n) is 2.83. The van der Waals surface area contributed by atoms with Crippen LogP contribution in [0.2, 0.25) is 0 Å². The summed E-state index contributed by atoms with van der Waals surface area (Å²) < 4.78 is 45.7. The Bertz CT molecular complexity index is 723. The number of nitrogens with zero attached hydrogens (tertiary/aromatic N) is 1. The fourth-order valence-corrected chi connectivity index (χ4v) is 4.52. The largest absolute Gasteiger partial charge is 0.495 e. The van der Waals surface area contributed by atoms with Gasteiger partial charge in [0, 0.05) is 19.1 Å². The van der Waals surface area contributed by atoms with Gasteiger partial charge in [-0.1, -0.05) is 6.92 Å². The van der Waals surface area contributed by atoms with Gasteiger partial charge >= 0.3 is 0 Å². The summed E-state index contributed by atoms with van der Waals surface area (Å²) in [5.74, 6) is -1.10. The maximum Gasteiger partial charge on any atom is 0.246 e. The third-order valence-corrected chi connectivity index (χ3v) is 6.39. The minimum absolute atomic E-state index is 0.0443. The fraction of sp³-hybridized carbons (Fsp3) is 0.588. The molecule has 6 nitrogen and oxygen atoms in total. The highest BCUT2D eigenvalue weighted by atomic mass is 32.2. The summed E-state index contributed by atoms with van der Waals surface area (Å²) in [4.78, 5) is 12.1. The molecule has 1 N–H and O–H groups in total. The maximum absolute atomic E-state index is 13.6. The second-order valence-corrected chi connectivity index (χ2v) is 8.22. The number of rotatable bonds is 6. The van der Waals surface area contributed by atoms with E-state index in [2.05, 4.69) is 5.32 Å². The van der Waals surface area contributed by atoms with Crippen molar-refractivity contribution in [3.63, 3.8) is 0 Å². The Morgan fingerprint density at radius 1 is 1.48 bits per heavy atom. The van der Waals surface area contributed by atoms with E-state index in [0.29, 0.717) is 19.4 Å². The topological polar surface area (TPSA) is 75.7 Å². The van der Waals surface area contributed by atoms with Crippen LogP contribution >= 0.6 is 0 Å². The smallest absolute Gasteiger partial charge is 0.246 e. The van der Waals surface area contributed by atoms with E-state index in [1.54, 1.807) is 0 Å². The molecule has 0 aromatic heterocycles. The monoisotopic (exact) mass is 372 g/mol. The van der Waals surface area contributed by atoms with Gasteiger partial charge in [0.1, 0.15) is 16.5 Å². The Labute approximate surface area is 148 Å². The number of halogens is 1. The number of hydrogen-bond acceptors (Lipinski definition) is 4. The summed E-state index contributed by atoms with van der Waals surface area (Å²) in [6.07, 6.45) is 2.02. The van der Waals surface area contributed by atoms with Gasteiger partial charge in [-0.15, -0.1) is 0 Å². The van der Waals surface area contributed by atoms with Gasteiger partial charge in [-0.3, -0.25) is 4.79 Å². The van der Waals surface area contributed by atoms with E-state index in [0.717, 1.165) is 18.6 Å². The summed E-state index contributed by atoms with van der Waals surface area (Å²) >= 11 is 0. The summed E-state index contributed by atoms with van der Waals surface area (Å²) in [6.45, 7) is 4.27. The lowest BCUT2D eigenvalue weighted by Crippen LogP contribution is -2.47. The van der Waals surface area contributed by atoms with Gasteiger partial charge in [0.25, 0.3) is 0 Å². The molecule has 1 saturated heterocycles. The lowest BCUT2D eigenvalue weighted by atomic mass is 9.98. The Balaban J connectivity index is 2.22. The first-order valence-electron chi connectivity index (χ1n) is 8.43. The molecule has 0 bridgehead atoms. The minimum Gasteiger partial charge on any atom is -0.495 e. The average Bonchev–Trinajstić information content (AvgIpc) is 2.61. The predicted molar refractivity (Wildman–Crippen MR) is 92.3 cm³/mol. The van der Waals surface area contributed by atoms with Crippen LogP contribution in [0.3, 0.4) is 0 Å². The Morgan fingerprint density at radius 2 is 2.20 bits per heavy atom. The van der Waals surface area contributed by atoms with Crippen molar-refractivity contribution in [1.82, 2.24) is 9.62 Å². The van der Waals surface area contributed by atoms with Crippen LogP contribution in [0.25, 0.3) is 0 Å². The zero-order valence-electron chi connectivity index (χ0n) is 14.8. The molecule has 8 heteroatoms. The van der Waals surface area contributed by atoms with Crippen molar-refractivity contribution in [2.75, 3.05) is 20.2 Å². The zero-order valence-corrected chi connectivity index (χ0v) is 15.6. The van der Waals surface area contributed by atoms with E-state index < -0.39 is 21.8 Å². The van der Waals surface area contributed by atoms with Crippen LogP contribution in [-0.2, 0) is 14.8 Å². The number of sulfonamides is 1. The van der Waals surface area contributed by atoms with Crippen LogP contribution in [0, 0.1) is 11.7 Å². The van der Waals surface area contributed by atoms with Crippen molar-refractivity contribution < 1.29 is 22.3 Å². The average molecular weight is 372 g/mol. The zero-order chi connectivity index (χ0) is 18.6. The van der Waals surface area contributed by atoms with Crippen LogP contribution in [0.4, 0.5) is 4.39 Å². The second-order valence-electron chi connectivity index (χ2n) is 6.32. The molecule has 1 amide bonds. The van der Waals surface area contributed by atoms with Crippen molar-refractivity contribution in [2.24, 2.45) is 5.92 Å². The van der Waals surface area contributed by atoms with Crippen molar-refractivity contribution in [3.8, 4) is 5.75 Å². The number of methoxy groups -OCH3 is 1.